The molecular weight excluding hydrogens is 340 g/mol. The molecule has 5 heteroatoms. The molecule has 0 spiro atoms. The number of hydrogen-bond acceptors (Lipinski definition) is 3. The molecule has 2 aromatic rings. The highest BCUT2D eigenvalue weighted by atomic mass is 16.5. The summed E-state index contributed by atoms with van der Waals surface area (Å²) in [6.45, 7) is 9.56. The van der Waals surface area contributed by atoms with Crippen molar-refractivity contribution in [2.24, 2.45) is 0 Å². The highest BCUT2D eigenvalue weighted by molar-refractivity contribution is 5.89. The smallest absolute Gasteiger partial charge is 0.276 e. The van der Waals surface area contributed by atoms with Crippen molar-refractivity contribution in [3.8, 4) is 5.75 Å². The number of benzene rings is 2. The molecule has 144 valence electrons. The van der Waals surface area contributed by atoms with Crippen LogP contribution in [0.4, 0.5) is 0 Å². The van der Waals surface area contributed by atoms with E-state index in [1.54, 1.807) is 0 Å². The van der Waals surface area contributed by atoms with Gasteiger partial charge in [0.2, 0.25) is 5.91 Å². The molecule has 2 aromatic carbocycles. The molecule has 0 saturated carbocycles. The second-order valence-corrected chi connectivity index (χ2v) is 7.48. The maximum atomic E-state index is 12.5. The van der Waals surface area contributed by atoms with E-state index in [0.29, 0.717) is 5.75 Å². The third-order valence-corrected chi connectivity index (χ3v) is 4.53. The second-order valence-electron chi connectivity index (χ2n) is 7.48. The molecular formula is C22H28N2O3. The number of aryl methyl sites for hydroxylation is 1. The Balaban J connectivity index is 1.92. The van der Waals surface area contributed by atoms with Gasteiger partial charge >= 0.3 is 0 Å². The van der Waals surface area contributed by atoms with E-state index in [1.165, 1.54) is 0 Å². The Morgan fingerprint density at radius 3 is 2.33 bits per heavy atom. The monoisotopic (exact) mass is 368 g/mol. The molecule has 0 aromatic heterocycles. The molecule has 0 heterocycles. The van der Waals surface area contributed by atoms with Crippen LogP contribution in [0.5, 0.6) is 5.75 Å². The number of rotatable bonds is 6. The van der Waals surface area contributed by atoms with E-state index < -0.39 is 11.3 Å². The second kappa shape index (κ2) is 8.71. The van der Waals surface area contributed by atoms with Gasteiger partial charge in [0.05, 0.1) is 5.41 Å². The average molecular weight is 368 g/mol. The van der Waals surface area contributed by atoms with Crippen molar-refractivity contribution in [2.45, 2.75) is 46.0 Å². The molecule has 0 atom stereocenters. The van der Waals surface area contributed by atoms with Crippen LogP contribution < -0.4 is 15.6 Å². The zero-order valence-corrected chi connectivity index (χ0v) is 16.6. The number of hydrogen-bond donors (Lipinski definition) is 2. The zero-order chi connectivity index (χ0) is 20.0. The summed E-state index contributed by atoms with van der Waals surface area (Å²) in [6, 6.07) is 15.4. The van der Waals surface area contributed by atoms with Crippen molar-refractivity contribution in [2.75, 3.05) is 6.61 Å². The third-order valence-electron chi connectivity index (χ3n) is 4.53. The van der Waals surface area contributed by atoms with Crippen LogP contribution in [0, 0.1) is 6.92 Å². The van der Waals surface area contributed by atoms with Crippen molar-refractivity contribution in [1.29, 1.82) is 0 Å². The van der Waals surface area contributed by atoms with Crippen LogP contribution in [0.1, 0.15) is 50.3 Å². The molecule has 5 nitrogen and oxygen atoms in total. The zero-order valence-electron chi connectivity index (χ0n) is 16.6. The van der Waals surface area contributed by atoms with Gasteiger partial charge in [-0.3, -0.25) is 20.4 Å². The maximum Gasteiger partial charge on any atom is 0.276 e. The topological polar surface area (TPSA) is 67.4 Å². The molecule has 0 radical (unpaired) electrons. The maximum absolute atomic E-state index is 12.5. The van der Waals surface area contributed by atoms with Gasteiger partial charge in [0.1, 0.15) is 5.75 Å². The first-order chi connectivity index (χ1) is 12.7. The van der Waals surface area contributed by atoms with E-state index in [-0.39, 0.29) is 18.4 Å². The fraction of sp³-hybridized carbons (Fsp3) is 0.364. The fourth-order valence-electron chi connectivity index (χ4n) is 2.69. The minimum atomic E-state index is -0.767. The minimum absolute atomic E-state index is 0.171. The number of carbonyl (C=O) groups excluding carboxylic acids is 2. The van der Waals surface area contributed by atoms with Crippen molar-refractivity contribution in [3.63, 3.8) is 0 Å². The van der Waals surface area contributed by atoms with Crippen LogP contribution in [0.25, 0.3) is 0 Å². The van der Waals surface area contributed by atoms with Gasteiger partial charge in [0.15, 0.2) is 6.61 Å². The van der Waals surface area contributed by atoms with Gasteiger partial charge < -0.3 is 4.74 Å². The van der Waals surface area contributed by atoms with Gasteiger partial charge in [0.25, 0.3) is 5.91 Å². The molecule has 0 aliphatic heterocycles. The quantitative estimate of drug-likeness (QED) is 0.765. The number of nitrogens with one attached hydrogen (secondary N) is 2. The standard InChI is InChI=1S/C22H28N2O3/c1-15(2)18-12-11-16(3)13-19(18)27-14-20(25)23-24-21(26)22(4,5)17-9-7-6-8-10-17/h6-13,15H,14H2,1-5H3,(H,23,25)(H,24,26). The van der Waals surface area contributed by atoms with Crippen LogP contribution in [-0.2, 0) is 15.0 Å². The van der Waals surface area contributed by atoms with Crippen LogP contribution in [0.2, 0.25) is 0 Å². The Labute approximate surface area is 161 Å². The van der Waals surface area contributed by atoms with E-state index in [4.69, 9.17) is 4.74 Å². The Kier molecular flexibility index (Phi) is 6.61. The van der Waals surface area contributed by atoms with E-state index in [1.807, 2.05) is 69.3 Å². The Morgan fingerprint density at radius 2 is 1.70 bits per heavy atom. The molecule has 0 bridgehead atoms. The molecule has 2 amide bonds. The van der Waals surface area contributed by atoms with Crippen molar-refractivity contribution >= 4 is 11.8 Å². The summed E-state index contributed by atoms with van der Waals surface area (Å²) >= 11 is 0. The van der Waals surface area contributed by atoms with Crippen molar-refractivity contribution in [3.05, 3.63) is 65.2 Å². The van der Waals surface area contributed by atoms with Gasteiger partial charge in [-0.15, -0.1) is 0 Å². The number of hydrazine groups is 1. The summed E-state index contributed by atoms with van der Waals surface area (Å²) in [5, 5.41) is 0. The number of ether oxygens (including phenoxy) is 1. The Morgan fingerprint density at radius 1 is 1.04 bits per heavy atom. The Bertz CT molecular complexity index is 798. The predicted octanol–water partition coefficient (Wildman–Crippen LogP) is 3.62. The summed E-state index contributed by atoms with van der Waals surface area (Å²) in [5.41, 5.74) is 7.13. The lowest BCUT2D eigenvalue weighted by Crippen LogP contribution is -2.50. The van der Waals surface area contributed by atoms with E-state index in [9.17, 15) is 9.59 Å². The molecule has 2 N–H and O–H groups in total. The summed E-state index contributed by atoms with van der Waals surface area (Å²) in [4.78, 5) is 24.6. The van der Waals surface area contributed by atoms with E-state index in [0.717, 1.165) is 16.7 Å². The highest BCUT2D eigenvalue weighted by Crippen LogP contribution is 2.27. The predicted molar refractivity (Wildman–Crippen MR) is 107 cm³/mol. The molecule has 0 aliphatic rings. The lowest BCUT2D eigenvalue weighted by molar-refractivity contribution is -0.132. The summed E-state index contributed by atoms with van der Waals surface area (Å²) < 4.78 is 5.68. The molecule has 0 fully saturated rings. The third kappa shape index (κ3) is 5.33. The first-order valence-electron chi connectivity index (χ1n) is 9.10. The van der Waals surface area contributed by atoms with Gasteiger partial charge in [0, 0.05) is 0 Å². The van der Waals surface area contributed by atoms with Crippen LogP contribution in [0.3, 0.4) is 0 Å². The fourth-order valence-corrected chi connectivity index (χ4v) is 2.69. The summed E-state index contributed by atoms with van der Waals surface area (Å²) in [6.07, 6.45) is 0. The van der Waals surface area contributed by atoms with Crippen LogP contribution in [-0.4, -0.2) is 18.4 Å². The average Bonchev–Trinajstić information content (AvgIpc) is 2.64. The number of carbonyl (C=O) groups is 2. The SMILES string of the molecule is Cc1ccc(C(C)C)c(OCC(=O)NNC(=O)C(C)(C)c2ccccc2)c1. The minimum Gasteiger partial charge on any atom is -0.483 e. The number of amides is 2. The normalized spacial score (nSPS) is 11.2. The van der Waals surface area contributed by atoms with Gasteiger partial charge in [-0.1, -0.05) is 56.3 Å². The summed E-state index contributed by atoms with van der Waals surface area (Å²) in [7, 11) is 0. The molecule has 2 rings (SSSR count). The lowest BCUT2D eigenvalue weighted by Gasteiger charge is -2.24. The van der Waals surface area contributed by atoms with Crippen LogP contribution in [0.15, 0.2) is 48.5 Å². The van der Waals surface area contributed by atoms with Gasteiger partial charge in [-0.05, 0) is 49.4 Å². The Hall–Kier alpha value is -2.82. The molecule has 0 unspecified atom stereocenters. The highest BCUT2D eigenvalue weighted by Gasteiger charge is 2.29. The van der Waals surface area contributed by atoms with Gasteiger partial charge in [-0.25, -0.2) is 0 Å². The van der Waals surface area contributed by atoms with Crippen LogP contribution >= 0.6 is 0 Å². The lowest BCUT2D eigenvalue weighted by atomic mass is 9.84. The van der Waals surface area contributed by atoms with Gasteiger partial charge in [-0.2, -0.15) is 0 Å². The molecule has 27 heavy (non-hydrogen) atoms. The molecule has 0 saturated heterocycles. The van der Waals surface area contributed by atoms with Crippen molar-refractivity contribution < 1.29 is 14.3 Å². The largest absolute Gasteiger partial charge is 0.483 e. The van der Waals surface area contributed by atoms with E-state index >= 15 is 0 Å². The first-order valence-corrected chi connectivity index (χ1v) is 9.10. The van der Waals surface area contributed by atoms with E-state index in [2.05, 4.69) is 24.7 Å². The first kappa shape index (κ1) is 20.5. The van der Waals surface area contributed by atoms with Crippen molar-refractivity contribution in [1.82, 2.24) is 10.9 Å². The summed E-state index contributed by atoms with van der Waals surface area (Å²) in [5.74, 6) is 0.273. The molecule has 0 aliphatic carbocycles.